The standard InChI is InChI=1S/C19H20N4O3/c1-21(14-9-8-12-6-4-5-7-13(12)10-14)11-15(24)16-17(20)22(2)19(26)23(3)18(16)25/h4-10H,11,20H2,1-3H3. The summed E-state index contributed by atoms with van der Waals surface area (Å²) >= 11 is 0. The molecule has 3 rings (SSSR count). The summed E-state index contributed by atoms with van der Waals surface area (Å²) in [5, 5.41) is 2.16. The van der Waals surface area contributed by atoms with Gasteiger partial charge in [0.15, 0.2) is 5.78 Å². The third kappa shape index (κ3) is 2.88. The maximum Gasteiger partial charge on any atom is 0.332 e. The van der Waals surface area contributed by atoms with Gasteiger partial charge in [-0.1, -0.05) is 30.3 Å². The predicted octanol–water partition coefficient (Wildman–Crippen LogP) is 1.14. The van der Waals surface area contributed by atoms with E-state index in [0.29, 0.717) is 0 Å². The molecule has 0 aliphatic heterocycles. The third-order valence-corrected chi connectivity index (χ3v) is 4.54. The summed E-state index contributed by atoms with van der Waals surface area (Å²) in [4.78, 5) is 38.7. The summed E-state index contributed by atoms with van der Waals surface area (Å²) in [6, 6.07) is 13.8. The van der Waals surface area contributed by atoms with Crippen LogP contribution in [-0.2, 0) is 14.1 Å². The minimum Gasteiger partial charge on any atom is -0.384 e. The quantitative estimate of drug-likeness (QED) is 0.711. The summed E-state index contributed by atoms with van der Waals surface area (Å²) in [6.07, 6.45) is 0. The van der Waals surface area contributed by atoms with Crippen molar-refractivity contribution in [2.75, 3.05) is 24.2 Å². The number of rotatable bonds is 4. The number of hydrogen-bond acceptors (Lipinski definition) is 5. The number of nitrogens with two attached hydrogens (primary N) is 1. The van der Waals surface area contributed by atoms with E-state index in [1.54, 1.807) is 11.9 Å². The maximum absolute atomic E-state index is 12.7. The lowest BCUT2D eigenvalue weighted by Crippen LogP contribution is -2.43. The highest BCUT2D eigenvalue weighted by Crippen LogP contribution is 2.21. The highest BCUT2D eigenvalue weighted by Gasteiger charge is 2.21. The van der Waals surface area contributed by atoms with Crippen LogP contribution in [-0.4, -0.2) is 28.5 Å². The molecule has 0 radical (unpaired) electrons. The highest BCUT2D eigenvalue weighted by atomic mass is 16.2. The Labute approximate surface area is 149 Å². The van der Waals surface area contributed by atoms with Gasteiger partial charge in [0, 0.05) is 26.8 Å². The normalized spacial score (nSPS) is 10.9. The summed E-state index contributed by atoms with van der Waals surface area (Å²) in [5.74, 6) is -0.552. The van der Waals surface area contributed by atoms with Gasteiger partial charge in [0.05, 0.1) is 6.54 Å². The van der Waals surface area contributed by atoms with Crippen LogP contribution in [0.15, 0.2) is 52.1 Å². The molecule has 0 bridgehead atoms. The Morgan fingerprint density at radius 2 is 1.69 bits per heavy atom. The van der Waals surface area contributed by atoms with Crippen LogP contribution in [0.3, 0.4) is 0 Å². The highest BCUT2D eigenvalue weighted by molar-refractivity contribution is 6.02. The number of nitrogens with zero attached hydrogens (tertiary/aromatic N) is 3. The van der Waals surface area contributed by atoms with Crippen LogP contribution < -0.4 is 21.9 Å². The minimum atomic E-state index is -0.678. The number of Topliss-reactive ketones (excluding diaryl/α,β-unsaturated/α-hetero) is 1. The maximum atomic E-state index is 12.7. The molecule has 3 aromatic rings. The molecule has 0 atom stereocenters. The van der Waals surface area contributed by atoms with Crippen molar-refractivity contribution < 1.29 is 4.79 Å². The first-order valence-corrected chi connectivity index (χ1v) is 8.10. The van der Waals surface area contributed by atoms with Crippen molar-refractivity contribution in [2.24, 2.45) is 14.1 Å². The summed E-state index contributed by atoms with van der Waals surface area (Å²) in [5.41, 5.74) is 5.29. The molecule has 7 nitrogen and oxygen atoms in total. The van der Waals surface area contributed by atoms with E-state index in [4.69, 9.17) is 5.73 Å². The van der Waals surface area contributed by atoms with Crippen molar-refractivity contribution >= 4 is 28.1 Å². The Morgan fingerprint density at radius 1 is 1.04 bits per heavy atom. The van der Waals surface area contributed by atoms with Gasteiger partial charge >= 0.3 is 5.69 Å². The van der Waals surface area contributed by atoms with E-state index in [2.05, 4.69) is 0 Å². The van der Waals surface area contributed by atoms with Crippen molar-refractivity contribution in [3.05, 3.63) is 68.9 Å². The van der Waals surface area contributed by atoms with Crippen LogP contribution in [0.1, 0.15) is 10.4 Å². The van der Waals surface area contributed by atoms with Gasteiger partial charge in [-0.25, -0.2) is 4.79 Å². The number of nitrogen functional groups attached to an aromatic ring is 1. The van der Waals surface area contributed by atoms with Gasteiger partial charge in [-0.05, 0) is 22.9 Å². The molecule has 26 heavy (non-hydrogen) atoms. The number of anilines is 2. The molecule has 0 spiro atoms. The molecule has 0 fully saturated rings. The Kier molecular flexibility index (Phi) is 4.38. The van der Waals surface area contributed by atoms with Gasteiger partial charge in [0.1, 0.15) is 11.4 Å². The fraction of sp³-hybridized carbons (Fsp3) is 0.211. The second-order valence-electron chi connectivity index (χ2n) is 6.28. The molecule has 2 N–H and O–H groups in total. The molecule has 0 amide bonds. The number of carbonyl (C=O) groups is 1. The van der Waals surface area contributed by atoms with Crippen LogP contribution in [0.5, 0.6) is 0 Å². The van der Waals surface area contributed by atoms with Crippen LogP contribution in [0, 0.1) is 0 Å². The van der Waals surface area contributed by atoms with Crippen molar-refractivity contribution in [1.82, 2.24) is 9.13 Å². The number of hydrogen-bond donors (Lipinski definition) is 1. The van der Waals surface area contributed by atoms with E-state index in [-0.39, 0.29) is 17.9 Å². The second-order valence-corrected chi connectivity index (χ2v) is 6.28. The lowest BCUT2D eigenvalue weighted by molar-refractivity contribution is 0.0998. The molecule has 2 aromatic carbocycles. The lowest BCUT2D eigenvalue weighted by atomic mass is 10.1. The first-order valence-electron chi connectivity index (χ1n) is 8.10. The number of carbonyl (C=O) groups excluding carboxylic acids is 1. The van der Waals surface area contributed by atoms with Crippen molar-refractivity contribution in [3.63, 3.8) is 0 Å². The largest absolute Gasteiger partial charge is 0.384 e. The number of fused-ring (bicyclic) bond motifs is 1. The Morgan fingerprint density at radius 3 is 2.38 bits per heavy atom. The summed E-state index contributed by atoms with van der Waals surface area (Å²) < 4.78 is 1.99. The average molecular weight is 352 g/mol. The molecule has 0 aliphatic rings. The first-order chi connectivity index (χ1) is 12.3. The van der Waals surface area contributed by atoms with Gasteiger partial charge in [0.25, 0.3) is 5.56 Å². The molecule has 0 saturated heterocycles. The Hall–Kier alpha value is -3.35. The van der Waals surface area contributed by atoms with E-state index in [1.807, 2.05) is 42.5 Å². The smallest absolute Gasteiger partial charge is 0.332 e. The fourth-order valence-corrected chi connectivity index (χ4v) is 2.92. The zero-order chi connectivity index (χ0) is 19.0. The Bertz CT molecular complexity index is 1130. The van der Waals surface area contributed by atoms with Crippen LogP contribution in [0.2, 0.25) is 0 Å². The molecular weight excluding hydrogens is 332 g/mol. The van der Waals surface area contributed by atoms with Crippen molar-refractivity contribution in [1.29, 1.82) is 0 Å². The molecule has 134 valence electrons. The van der Waals surface area contributed by atoms with Crippen LogP contribution >= 0.6 is 0 Å². The van der Waals surface area contributed by atoms with E-state index in [9.17, 15) is 14.4 Å². The number of ketones is 1. The third-order valence-electron chi connectivity index (χ3n) is 4.54. The van der Waals surface area contributed by atoms with E-state index >= 15 is 0 Å². The molecule has 7 heteroatoms. The zero-order valence-corrected chi connectivity index (χ0v) is 14.9. The molecule has 0 aliphatic carbocycles. The minimum absolute atomic E-state index is 0.0318. The number of benzene rings is 2. The van der Waals surface area contributed by atoms with E-state index in [0.717, 1.165) is 25.6 Å². The molecular formula is C19H20N4O3. The van der Waals surface area contributed by atoms with Crippen molar-refractivity contribution in [2.45, 2.75) is 0 Å². The van der Waals surface area contributed by atoms with Crippen LogP contribution in [0.25, 0.3) is 10.8 Å². The Balaban J connectivity index is 1.94. The fourth-order valence-electron chi connectivity index (χ4n) is 2.92. The second kappa shape index (κ2) is 6.51. The molecule has 0 saturated carbocycles. The van der Waals surface area contributed by atoms with Gasteiger partial charge < -0.3 is 10.6 Å². The number of aromatic nitrogens is 2. The SMILES string of the molecule is CN(CC(=O)c1c(N)n(C)c(=O)n(C)c1=O)c1ccc2ccccc2c1. The topological polar surface area (TPSA) is 90.3 Å². The monoisotopic (exact) mass is 352 g/mol. The summed E-state index contributed by atoms with van der Waals surface area (Å²) in [7, 11) is 4.53. The van der Waals surface area contributed by atoms with Gasteiger partial charge in [0.2, 0.25) is 0 Å². The molecule has 1 aromatic heterocycles. The first kappa shape index (κ1) is 17.5. The van der Waals surface area contributed by atoms with Crippen LogP contribution in [0.4, 0.5) is 11.5 Å². The predicted molar refractivity (Wildman–Crippen MR) is 103 cm³/mol. The van der Waals surface area contributed by atoms with Crippen molar-refractivity contribution in [3.8, 4) is 0 Å². The van der Waals surface area contributed by atoms with Gasteiger partial charge in [-0.2, -0.15) is 0 Å². The van der Waals surface area contributed by atoms with E-state index < -0.39 is 17.0 Å². The van der Waals surface area contributed by atoms with E-state index in [1.165, 1.54) is 14.1 Å². The molecule has 1 heterocycles. The van der Waals surface area contributed by atoms with Gasteiger partial charge in [-0.15, -0.1) is 0 Å². The number of likely N-dealkylation sites (N-methyl/N-ethyl adjacent to an activating group) is 1. The van der Waals surface area contributed by atoms with Gasteiger partial charge in [-0.3, -0.25) is 18.7 Å². The zero-order valence-electron chi connectivity index (χ0n) is 14.9. The molecule has 0 unspecified atom stereocenters. The average Bonchev–Trinajstić information content (AvgIpc) is 2.64. The lowest BCUT2D eigenvalue weighted by Gasteiger charge is -2.20. The summed E-state index contributed by atoms with van der Waals surface area (Å²) in [6.45, 7) is -0.0318.